The molecule has 2 heterocycles. The second-order valence-corrected chi connectivity index (χ2v) is 8.93. The summed E-state index contributed by atoms with van der Waals surface area (Å²) < 4.78 is 35.8. The number of anilines is 2. The highest BCUT2D eigenvalue weighted by Gasteiger charge is 2.20. The van der Waals surface area contributed by atoms with Crippen LogP contribution in [-0.2, 0) is 7.05 Å². The molecule has 6 N–H and O–H groups in total. The summed E-state index contributed by atoms with van der Waals surface area (Å²) in [5.41, 5.74) is 3.87. The van der Waals surface area contributed by atoms with Crippen molar-refractivity contribution in [2.75, 3.05) is 17.7 Å². The maximum Gasteiger partial charge on any atom is 0.335 e. The maximum atomic E-state index is 15.0. The van der Waals surface area contributed by atoms with E-state index in [1.54, 1.807) is 6.92 Å². The molecule has 4 aromatic rings. The molecule has 0 aliphatic rings. The number of ether oxygens (including phenoxy) is 1. The van der Waals surface area contributed by atoms with Crippen LogP contribution in [0.5, 0.6) is 11.5 Å². The number of aryl methyl sites for hydroxylation is 1. The zero-order chi connectivity index (χ0) is 29.8. The van der Waals surface area contributed by atoms with E-state index < -0.39 is 40.4 Å². The minimum absolute atomic E-state index is 0.0161. The van der Waals surface area contributed by atoms with Gasteiger partial charge in [0.1, 0.15) is 34.3 Å². The van der Waals surface area contributed by atoms with Crippen LogP contribution in [0.2, 0.25) is 0 Å². The van der Waals surface area contributed by atoms with Crippen LogP contribution in [0.3, 0.4) is 0 Å². The normalized spacial score (nSPS) is 11.5. The van der Waals surface area contributed by atoms with Gasteiger partial charge in [0.15, 0.2) is 11.6 Å². The van der Waals surface area contributed by atoms with E-state index in [1.165, 1.54) is 43.6 Å². The third-order valence-corrected chi connectivity index (χ3v) is 5.85. The molecule has 2 aromatic heterocycles. The molecule has 0 radical (unpaired) electrons. The number of hydrogen-bond donors (Lipinski definition) is 5. The molecule has 0 aliphatic carbocycles. The highest BCUT2D eigenvalue weighted by Crippen LogP contribution is 2.31. The van der Waals surface area contributed by atoms with Gasteiger partial charge in [-0.25, -0.2) is 23.1 Å². The predicted molar refractivity (Wildman–Crippen MR) is 147 cm³/mol. The summed E-state index contributed by atoms with van der Waals surface area (Å²) in [4.78, 5) is 42.5. The number of amidine groups is 1. The monoisotopic (exact) mass is 565 g/mol. The number of nitrogens with zero attached hydrogens (tertiary/aromatic N) is 3. The Bertz CT molecular complexity index is 1750. The molecule has 0 saturated carbocycles. The van der Waals surface area contributed by atoms with E-state index in [9.17, 15) is 23.9 Å². The van der Waals surface area contributed by atoms with Crippen molar-refractivity contribution >= 4 is 23.2 Å². The zero-order valence-corrected chi connectivity index (χ0v) is 21.8. The summed E-state index contributed by atoms with van der Waals surface area (Å²) in [7, 11) is 1.34. The lowest BCUT2D eigenvalue weighted by Crippen LogP contribution is -2.41. The molecule has 12 nitrogen and oxygen atoms in total. The van der Waals surface area contributed by atoms with Crippen molar-refractivity contribution in [3.8, 4) is 17.2 Å². The van der Waals surface area contributed by atoms with Gasteiger partial charge in [-0.1, -0.05) is 0 Å². The molecule has 0 unspecified atom stereocenters. The molecule has 0 fully saturated rings. The minimum atomic E-state index is -0.952. The van der Waals surface area contributed by atoms with E-state index in [0.717, 1.165) is 33.5 Å². The Balaban J connectivity index is 1.59. The number of nitrogen functional groups attached to an aromatic ring is 1. The number of hydrogen-bond acceptors (Lipinski definition) is 8. The molecule has 0 saturated heterocycles. The van der Waals surface area contributed by atoms with Gasteiger partial charge < -0.3 is 30.8 Å². The van der Waals surface area contributed by atoms with E-state index in [4.69, 9.17) is 15.9 Å². The number of halogens is 2. The van der Waals surface area contributed by atoms with Crippen LogP contribution in [0, 0.1) is 17.0 Å². The van der Waals surface area contributed by atoms with Crippen molar-refractivity contribution in [3.05, 3.63) is 105 Å². The molecule has 0 aliphatic heterocycles. The summed E-state index contributed by atoms with van der Waals surface area (Å²) in [6.07, 6.45) is 2.36. The first kappa shape index (κ1) is 28.6. The number of carbonyl (C=O) groups excluding carboxylic acids is 1. The Morgan fingerprint density at radius 1 is 1.15 bits per heavy atom. The molecule has 14 heteroatoms. The number of aromatic nitrogens is 3. The van der Waals surface area contributed by atoms with Crippen LogP contribution in [0.15, 0.2) is 70.5 Å². The first-order chi connectivity index (χ1) is 19.5. The molecular formula is C27H25F2N7O5. The number of nitrogens with one attached hydrogen (secondary N) is 3. The maximum absolute atomic E-state index is 15.0. The van der Waals surface area contributed by atoms with Crippen molar-refractivity contribution in [2.45, 2.75) is 13.0 Å². The topological polar surface area (TPSA) is 177 Å². The van der Waals surface area contributed by atoms with Gasteiger partial charge in [0.25, 0.3) is 11.5 Å². The van der Waals surface area contributed by atoms with Gasteiger partial charge in [-0.15, -0.1) is 0 Å². The number of pyridine rings is 1. The molecule has 41 heavy (non-hydrogen) atoms. The van der Waals surface area contributed by atoms with Gasteiger partial charge in [0.05, 0.1) is 12.3 Å². The highest BCUT2D eigenvalue weighted by molar-refractivity contribution is 6.04. The zero-order valence-electron chi connectivity index (χ0n) is 21.8. The van der Waals surface area contributed by atoms with Crippen molar-refractivity contribution in [3.63, 3.8) is 0 Å². The smallest absolute Gasteiger partial charge is 0.335 e. The van der Waals surface area contributed by atoms with Crippen molar-refractivity contribution in [2.24, 2.45) is 7.05 Å². The number of benzene rings is 2. The Morgan fingerprint density at radius 2 is 1.85 bits per heavy atom. The van der Waals surface area contributed by atoms with Gasteiger partial charge in [-0.2, -0.15) is 0 Å². The van der Waals surface area contributed by atoms with Gasteiger partial charge in [0.2, 0.25) is 0 Å². The van der Waals surface area contributed by atoms with E-state index in [-0.39, 0.29) is 46.7 Å². The van der Waals surface area contributed by atoms with Crippen LogP contribution in [0.4, 0.5) is 20.3 Å². The average Bonchev–Trinajstić information content (AvgIpc) is 2.93. The number of aliphatic hydroxyl groups excluding tert-OH is 1. The quantitative estimate of drug-likeness (QED) is 0.159. The number of rotatable bonds is 8. The van der Waals surface area contributed by atoms with Crippen LogP contribution in [-0.4, -0.2) is 43.6 Å². The second kappa shape index (κ2) is 11.8. The fraction of sp³-hybridized carbons (Fsp3) is 0.148. The summed E-state index contributed by atoms with van der Waals surface area (Å²) in [6.45, 7) is 1.39. The average molecular weight is 566 g/mol. The first-order valence-corrected chi connectivity index (χ1v) is 12.1. The first-order valence-electron chi connectivity index (χ1n) is 12.1. The van der Waals surface area contributed by atoms with Crippen LogP contribution in [0.1, 0.15) is 22.8 Å². The van der Waals surface area contributed by atoms with Crippen LogP contribution >= 0.6 is 0 Å². The molecule has 4 rings (SSSR count). The molecule has 2 aromatic carbocycles. The number of carbonyl (C=O) groups is 1. The number of amides is 1. The Labute approximate surface area is 231 Å². The number of aliphatic hydroxyl groups is 1. The van der Waals surface area contributed by atoms with Crippen molar-refractivity contribution in [1.82, 2.24) is 19.4 Å². The van der Waals surface area contributed by atoms with E-state index in [2.05, 4.69) is 15.6 Å². The molecule has 0 bridgehead atoms. The van der Waals surface area contributed by atoms with Gasteiger partial charge in [0, 0.05) is 43.3 Å². The van der Waals surface area contributed by atoms with E-state index >= 15 is 4.39 Å². The van der Waals surface area contributed by atoms with E-state index in [1.807, 2.05) is 0 Å². The lowest BCUT2D eigenvalue weighted by Gasteiger charge is -2.18. The van der Waals surface area contributed by atoms with Gasteiger partial charge in [-0.05, 0) is 43.3 Å². The van der Waals surface area contributed by atoms with Crippen molar-refractivity contribution < 1.29 is 23.4 Å². The Kier molecular flexibility index (Phi) is 8.24. The lowest BCUT2D eigenvalue weighted by atomic mass is 10.2. The van der Waals surface area contributed by atoms with E-state index in [0.29, 0.717) is 0 Å². The van der Waals surface area contributed by atoms with Crippen molar-refractivity contribution in [1.29, 1.82) is 5.41 Å². The second-order valence-electron chi connectivity index (χ2n) is 8.93. The summed E-state index contributed by atoms with van der Waals surface area (Å²) in [5, 5.41) is 22.6. The third-order valence-electron chi connectivity index (χ3n) is 5.85. The summed E-state index contributed by atoms with van der Waals surface area (Å²) in [5.74, 6) is -2.89. The largest absolute Gasteiger partial charge is 0.453 e. The van der Waals surface area contributed by atoms with Crippen LogP contribution < -0.4 is 32.4 Å². The fourth-order valence-corrected chi connectivity index (χ4v) is 3.78. The summed E-state index contributed by atoms with van der Waals surface area (Å²) >= 11 is 0. The predicted octanol–water partition coefficient (Wildman–Crippen LogP) is 2.13. The molecule has 1 amide bonds. The molecule has 0 spiro atoms. The summed E-state index contributed by atoms with van der Waals surface area (Å²) in [6, 6.07) is 8.98. The third kappa shape index (κ3) is 6.12. The Hall–Kier alpha value is -5.37. The van der Waals surface area contributed by atoms with Gasteiger partial charge >= 0.3 is 5.69 Å². The lowest BCUT2D eigenvalue weighted by molar-refractivity contribution is 0.102. The SMILES string of the molecule is C[C@H](CO)NC(=N)c1c(Oc2ccc(NC(=O)c3cn(C)c(=O)n(-c4ccc(F)cc4)c3=O)cc2F)ccnc1N. The molecule has 212 valence electrons. The number of nitrogens with two attached hydrogens (primary N) is 1. The fourth-order valence-electron chi connectivity index (χ4n) is 3.78. The molecular weight excluding hydrogens is 540 g/mol. The standard InChI is InChI=1S/C27H25F2N7O5/c1-14(13-37)33-24(31)22-21(9-10-32-23(22)30)41-20-8-5-16(11-19(20)29)34-25(38)18-12-35(2)27(40)36(26(18)39)17-6-3-15(28)4-7-17/h3-12,14,37H,13H2,1-2H3,(H2,30,32)(H2,31,33)(H,34,38)/t14-/m1/s1. The minimum Gasteiger partial charge on any atom is -0.453 e. The highest BCUT2D eigenvalue weighted by atomic mass is 19.1. The van der Waals surface area contributed by atoms with Gasteiger partial charge in [-0.3, -0.25) is 15.0 Å². The van der Waals surface area contributed by atoms with Crippen LogP contribution in [0.25, 0.3) is 5.69 Å². The molecule has 1 atom stereocenters. The Morgan fingerprint density at radius 3 is 2.51 bits per heavy atom.